The summed E-state index contributed by atoms with van der Waals surface area (Å²) in [5.41, 5.74) is 6.76. The molecule has 14 heavy (non-hydrogen) atoms. The van der Waals surface area contributed by atoms with Crippen molar-refractivity contribution in [2.24, 2.45) is 5.73 Å². The highest BCUT2D eigenvalue weighted by Crippen LogP contribution is 2.33. The number of aromatic nitrogens is 1. The molecule has 1 aromatic heterocycles. The lowest BCUT2D eigenvalue weighted by Gasteiger charge is -2.18. The Hall–Kier alpha value is -0.0600. The fourth-order valence-corrected chi connectivity index (χ4v) is 2.33. The number of hydrogen-bond acceptors (Lipinski definition) is 3. The lowest BCUT2D eigenvalue weighted by atomic mass is 10.3. The van der Waals surface area contributed by atoms with Crippen molar-refractivity contribution in [3.8, 4) is 0 Å². The first-order chi connectivity index (χ1) is 6.42. The predicted molar refractivity (Wildman–Crippen MR) is 65.4 cm³/mol. The average molecular weight is 275 g/mol. The molecule has 2 N–H and O–H groups in total. The first-order valence-electron chi connectivity index (χ1n) is 4.46. The number of rotatable bonds is 2. The third kappa shape index (κ3) is 3.59. The van der Waals surface area contributed by atoms with E-state index in [4.69, 9.17) is 5.73 Å². The summed E-state index contributed by atoms with van der Waals surface area (Å²) in [5.74, 6) is 0. The van der Waals surface area contributed by atoms with Gasteiger partial charge in [0.15, 0.2) is 0 Å². The molecule has 4 heteroatoms. The molecule has 0 bridgehead atoms. The molecule has 1 aromatic rings. The lowest BCUT2D eigenvalue weighted by molar-refractivity contribution is 0.795. The van der Waals surface area contributed by atoms with Gasteiger partial charge in [-0.2, -0.15) is 0 Å². The predicted octanol–water partition coefficient (Wildman–Crippen LogP) is 3.19. The van der Waals surface area contributed by atoms with Crippen LogP contribution >= 0.6 is 27.7 Å². The first kappa shape index (κ1) is 12.0. The molecule has 0 unspecified atom stereocenters. The topological polar surface area (TPSA) is 38.9 Å². The van der Waals surface area contributed by atoms with Gasteiger partial charge in [-0.05, 0) is 27.6 Å². The average Bonchev–Trinajstić information content (AvgIpc) is 2.06. The van der Waals surface area contributed by atoms with Crippen molar-refractivity contribution in [1.82, 2.24) is 4.98 Å². The smallest absolute Gasteiger partial charge is 0.101 e. The second kappa shape index (κ2) is 4.64. The van der Waals surface area contributed by atoms with Crippen molar-refractivity contribution < 1.29 is 0 Å². The van der Waals surface area contributed by atoms with Crippen molar-refractivity contribution in [3.05, 3.63) is 22.3 Å². The van der Waals surface area contributed by atoms with Crippen molar-refractivity contribution in [2.75, 3.05) is 0 Å². The largest absolute Gasteiger partial charge is 0.326 e. The lowest BCUT2D eigenvalue weighted by Crippen LogP contribution is -2.10. The number of hydrogen-bond donors (Lipinski definition) is 1. The fraction of sp³-hybridized carbons (Fsp3) is 0.500. The molecule has 0 amide bonds. The van der Waals surface area contributed by atoms with Gasteiger partial charge >= 0.3 is 0 Å². The molecule has 0 aliphatic rings. The number of nitrogens with two attached hydrogens (primary N) is 1. The van der Waals surface area contributed by atoms with Crippen LogP contribution in [0.1, 0.15) is 26.3 Å². The van der Waals surface area contributed by atoms with Crippen molar-refractivity contribution in [2.45, 2.75) is 37.1 Å². The number of thioether (sulfide) groups is 1. The Morgan fingerprint density at radius 3 is 2.64 bits per heavy atom. The maximum atomic E-state index is 5.66. The minimum absolute atomic E-state index is 0.171. The Labute approximate surface area is 97.8 Å². The maximum absolute atomic E-state index is 5.66. The van der Waals surface area contributed by atoms with Crippen LogP contribution in [0.5, 0.6) is 0 Å². The third-order valence-corrected chi connectivity index (χ3v) is 3.12. The van der Waals surface area contributed by atoms with Gasteiger partial charge in [0.1, 0.15) is 5.03 Å². The molecule has 1 heterocycles. The minimum atomic E-state index is 0.171. The van der Waals surface area contributed by atoms with E-state index in [1.807, 2.05) is 12.3 Å². The van der Waals surface area contributed by atoms with Gasteiger partial charge in [0, 0.05) is 22.0 Å². The number of pyridine rings is 1. The van der Waals surface area contributed by atoms with Crippen LogP contribution in [0.3, 0.4) is 0 Å². The van der Waals surface area contributed by atoms with E-state index >= 15 is 0 Å². The molecular formula is C10H15BrN2S. The van der Waals surface area contributed by atoms with E-state index in [2.05, 4.69) is 41.7 Å². The van der Waals surface area contributed by atoms with Crippen LogP contribution in [-0.2, 0) is 6.54 Å². The van der Waals surface area contributed by atoms with E-state index in [0.717, 1.165) is 15.1 Å². The Kier molecular flexibility index (Phi) is 3.98. The summed E-state index contributed by atoms with van der Waals surface area (Å²) in [4.78, 5) is 4.37. The third-order valence-electron chi connectivity index (χ3n) is 1.51. The Morgan fingerprint density at radius 2 is 2.14 bits per heavy atom. The van der Waals surface area contributed by atoms with Crippen LogP contribution < -0.4 is 5.73 Å². The number of halogens is 1. The van der Waals surface area contributed by atoms with Gasteiger partial charge in [-0.15, -0.1) is 11.8 Å². The summed E-state index contributed by atoms with van der Waals surface area (Å²) in [7, 11) is 0. The second-order valence-electron chi connectivity index (χ2n) is 4.04. The molecule has 0 aliphatic carbocycles. The van der Waals surface area contributed by atoms with Crippen LogP contribution in [0, 0.1) is 0 Å². The summed E-state index contributed by atoms with van der Waals surface area (Å²) in [6.07, 6.45) is 1.81. The molecule has 0 spiro atoms. The Balaban J connectivity index is 2.97. The molecule has 1 rings (SSSR count). The zero-order valence-corrected chi connectivity index (χ0v) is 11.1. The van der Waals surface area contributed by atoms with Crippen LogP contribution in [-0.4, -0.2) is 9.73 Å². The summed E-state index contributed by atoms with van der Waals surface area (Å²) < 4.78 is 1.15. The van der Waals surface area contributed by atoms with Gasteiger partial charge in [-0.25, -0.2) is 4.98 Å². The minimum Gasteiger partial charge on any atom is -0.326 e. The fourth-order valence-electron chi connectivity index (χ4n) is 0.997. The molecule has 0 fully saturated rings. The molecule has 0 aliphatic heterocycles. The normalized spacial score (nSPS) is 11.8. The van der Waals surface area contributed by atoms with Gasteiger partial charge in [0.25, 0.3) is 0 Å². The van der Waals surface area contributed by atoms with Crippen molar-refractivity contribution >= 4 is 27.7 Å². The highest BCUT2D eigenvalue weighted by molar-refractivity contribution is 9.10. The highest BCUT2D eigenvalue weighted by atomic mass is 79.9. The maximum Gasteiger partial charge on any atom is 0.101 e. The Morgan fingerprint density at radius 1 is 1.50 bits per heavy atom. The van der Waals surface area contributed by atoms with Crippen LogP contribution in [0.25, 0.3) is 0 Å². The van der Waals surface area contributed by atoms with E-state index in [9.17, 15) is 0 Å². The molecule has 0 saturated heterocycles. The summed E-state index contributed by atoms with van der Waals surface area (Å²) in [6, 6.07) is 2.03. The van der Waals surface area contributed by atoms with Gasteiger partial charge in [0.05, 0.1) is 0 Å². The van der Waals surface area contributed by atoms with E-state index in [1.165, 1.54) is 0 Å². The molecule has 0 saturated carbocycles. The standard InChI is InChI=1S/C10H15BrN2S/c1-10(2,3)14-9-7(5-12)4-8(11)6-13-9/h4,6H,5,12H2,1-3H3. The van der Waals surface area contributed by atoms with E-state index in [1.54, 1.807) is 11.8 Å². The van der Waals surface area contributed by atoms with Crippen molar-refractivity contribution in [1.29, 1.82) is 0 Å². The number of nitrogens with zero attached hydrogens (tertiary/aromatic N) is 1. The summed E-state index contributed by atoms with van der Waals surface area (Å²) in [5, 5.41) is 1.03. The molecule has 0 atom stereocenters. The molecule has 0 aromatic carbocycles. The molecule has 2 nitrogen and oxygen atoms in total. The quantitative estimate of drug-likeness (QED) is 0.842. The van der Waals surface area contributed by atoms with E-state index in [-0.39, 0.29) is 4.75 Å². The summed E-state index contributed by atoms with van der Waals surface area (Å²) >= 11 is 5.14. The SMILES string of the molecule is CC(C)(C)Sc1ncc(Br)cc1CN. The molecular weight excluding hydrogens is 260 g/mol. The monoisotopic (exact) mass is 274 g/mol. The van der Waals surface area contributed by atoms with Crippen molar-refractivity contribution in [3.63, 3.8) is 0 Å². The summed E-state index contributed by atoms with van der Waals surface area (Å²) in [6.45, 7) is 7.04. The van der Waals surface area contributed by atoms with Crippen LogP contribution in [0.4, 0.5) is 0 Å². The first-order valence-corrected chi connectivity index (χ1v) is 6.07. The molecule has 78 valence electrons. The van der Waals surface area contributed by atoms with Gasteiger partial charge < -0.3 is 5.73 Å². The highest BCUT2D eigenvalue weighted by Gasteiger charge is 2.15. The molecule has 0 radical (unpaired) electrons. The van der Waals surface area contributed by atoms with Gasteiger partial charge in [-0.3, -0.25) is 0 Å². The van der Waals surface area contributed by atoms with Crippen LogP contribution in [0.15, 0.2) is 21.8 Å². The van der Waals surface area contributed by atoms with Gasteiger partial charge in [-0.1, -0.05) is 20.8 Å². The van der Waals surface area contributed by atoms with Gasteiger partial charge in [0.2, 0.25) is 0 Å². The second-order valence-corrected chi connectivity index (χ2v) is 6.77. The van der Waals surface area contributed by atoms with E-state index < -0.39 is 0 Å². The zero-order chi connectivity index (χ0) is 10.8. The van der Waals surface area contributed by atoms with E-state index in [0.29, 0.717) is 6.54 Å². The van der Waals surface area contributed by atoms with Crippen LogP contribution in [0.2, 0.25) is 0 Å². The Bertz CT molecular complexity index is 320. The zero-order valence-electron chi connectivity index (χ0n) is 8.67.